The minimum absolute atomic E-state index is 0.735. The standard InChI is InChI=1S/C15H23NO/c1-2-17-15-8-4-7-14(11-15)12-16-10-9-13-5-3-6-13/h4,7-8,11,13,16H,2-3,5-6,9-10,12H2,1H3. The maximum absolute atomic E-state index is 5.49. The van der Waals surface area contributed by atoms with Crippen molar-refractivity contribution in [2.24, 2.45) is 5.92 Å². The highest BCUT2D eigenvalue weighted by molar-refractivity contribution is 5.28. The molecule has 2 nitrogen and oxygen atoms in total. The fraction of sp³-hybridized carbons (Fsp3) is 0.600. The highest BCUT2D eigenvalue weighted by Crippen LogP contribution is 2.28. The first kappa shape index (κ1) is 12.4. The van der Waals surface area contributed by atoms with Crippen LogP contribution >= 0.6 is 0 Å². The molecule has 0 amide bonds. The lowest BCUT2D eigenvalue weighted by molar-refractivity contribution is 0.292. The van der Waals surface area contributed by atoms with Crippen LogP contribution in [0.3, 0.4) is 0 Å². The van der Waals surface area contributed by atoms with E-state index in [0.717, 1.165) is 31.4 Å². The van der Waals surface area contributed by atoms with Crippen molar-refractivity contribution in [3.8, 4) is 5.75 Å². The molecule has 0 aromatic heterocycles. The molecule has 0 radical (unpaired) electrons. The molecule has 1 aliphatic rings. The van der Waals surface area contributed by atoms with Gasteiger partial charge in [0.25, 0.3) is 0 Å². The van der Waals surface area contributed by atoms with E-state index in [9.17, 15) is 0 Å². The van der Waals surface area contributed by atoms with Crippen molar-refractivity contribution >= 4 is 0 Å². The molecule has 17 heavy (non-hydrogen) atoms. The maximum Gasteiger partial charge on any atom is 0.119 e. The summed E-state index contributed by atoms with van der Waals surface area (Å²) in [4.78, 5) is 0. The zero-order valence-electron chi connectivity index (χ0n) is 10.7. The van der Waals surface area contributed by atoms with Gasteiger partial charge in [-0.25, -0.2) is 0 Å². The first-order valence-corrected chi connectivity index (χ1v) is 6.81. The van der Waals surface area contributed by atoms with Gasteiger partial charge in [-0.2, -0.15) is 0 Å². The van der Waals surface area contributed by atoms with Crippen molar-refractivity contribution in [1.82, 2.24) is 5.32 Å². The Kier molecular flexibility index (Phi) is 4.87. The molecule has 1 aromatic carbocycles. The van der Waals surface area contributed by atoms with Crippen LogP contribution in [0, 0.1) is 5.92 Å². The second-order valence-corrected chi connectivity index (χ2v) is 4.84. The van der Waals surface area contributed by atoms with E-state index >= 15 is 0 Å². The highest BCUT2D eigenvalue weighted by Gasteiger charge is 2.15. The summed E-state index contributed by atoms with van der Waals surface area (Å²) in [5.74, 6) is 1.98. The molecule has 0 heterocycles. The topological polar surface area (TPSA) is 21.3 Å². The van der Waals surface area contributed by atoms with Crippen LogP contribution in [0.15, 0.2) is 24.3 Å². The van der Waals surface area contributed by atoms with E-state index in [-0.39, 0.29) is 0 Å². The van der Waals surface area contributed by atoms with Gasteiger partial charge in [0.1, 0.15) is 5.75 Å². The van der Waals surface area contributed by atoms with Gasteiger partial charge in [0.05, 0.1) is 6.61 Å². The Morgan fingerprint density at radius 2 is 2.24 bits per heavy atom. The Balaban J connectivity index is 1.68. The summed E-state index contributed by atoms with van der Waals surface area (Å²) in [5.41, 5.74) is 1.31. The number of hydrogen-bond acceptors (Lipinski definition) is 2. The average molecular weight is 233 g/mol. The van der Waals surface area contributed by atoms with E-state index in [1.165, 1.54) is 31.2 Å². The quantitative estimate of drug-likeness (QED) is 0.729. The molecule has 2 rings (SSSR count). The highest BCUT2D eigenvalue weighted by atomic mass is 16.5. The summed E-state index contributed by atoms with van der Waals surface area (Å²) >= 11 is 0. The number of hydrogen-bond donors (Lipinski definition) is 1. The van der Waals surface area contributed by atoms with E-state index in [1.807, 2.05) is 13.0 Å². The van der Waals surface area contributed by atoms with Gasteiger partial charge < -0.3 is 10.1 Å². The molecule has 2 heteroatoms. The van der Waals surface area contributed by atoms with Gasteiger partial charge >= 0.3 is 0 Å². The minimum atomic E-state index is 0.735. The molecular formula is C15H23NO. The van der Waals surface area contributed by atoms with Crippen LogP contribution in [0.2, 0.25) is 0 Å². The average Bonchev–Trinajstić information content (AvgIpc) is 2.27. The predicted molar refractivity (Wildman–Crippen MR) is 71.3 cm³/mol. The van der Waals surface area contributed by atoms with E-state index in [1.54, 1.807) is 0 Å². The van der Waals surface area contributed by atoms with Crippen LogP contribution in [0.1, 0.15) is 38.2 Å². The molecule has 0 bridgehead atoms. The predicted octanol–water partition coefficient (Wildman–Crippen LogP) is 3.37. The van der Waals surface area contributed by atoms with Crippen LogP contribution in [0.4, 0.5) is 0 Å². The van der Waals surface area contributed by atoms with Gasteiger partial charge in [-0.15, -0.1) is 0 Å². The van der Waals surface area contributed by atoms with E-state index in [4.69, 9.17) is 4.74 Å². The van der Waals surface area contributed by atoms with Crippen LogP contribution in [0.5, 0.6) is 5.75 Å². The lowest BCUT2D eigenvalue weighted by Crippen LogP contribution is -2.21. The summed E-state index contributed by atoms with van der Waals surface area (Å²) in [5, 5.41) is 3.51. The van der Waals surface area contributed by atoms with Crippen molar-refractivity contribution in [2.75, 3.05) is 13.2 Å². The summed E-state index contributed by atoms with van der Waals surface area (Å²) < 4.78 is 5.49. The molecule has 1 aromatic rings. The zero-order chi connectivity index (χ0) is 11.9. The molecule has 1 saturated carbocycles. The van der Waals surface area contributed by atoms with Crippen LogP contribution in [-0.4, -0.2) is 13.2 Å². The van der Waals surface area contributed by atoms with Crippen LogP contribution in [-0.2, 0) is 6.54 Å². The lowest BCUT2D eigenvalue weighted by Gasteiger charge is -2.25. The van der Waals surface area contributed by atoms with Crippen molar-refractivity contribution < 1.29 is 4.74 Å². The SMILES string of the molecule is CCOc1cccc(CNCCC2CCC2)c1. The Morgan fingerprint density at radius 1 is 1.35 bits per heavy atom. The molecule has 0 unspecified atom stereocenters. The van der Waals surface area contributed by atoms with Crippen molar-refractivity contribution in [3.63, 3.8) is 0 Å². The number of rotatable bonds is 7. The van der Waals surface area contributed by atoms with Crippen LogP contribution < -0.4 is 10.1 Å². The van der Waals surface area contributed by atoms with Gasteiger partial charge in [0.2, 0.25) is 0 Å². The van der Waals surface area contributed by atoms with Crippen molar-refractivity contribution in [2.45, 2.75) is 39.2 Å². The number of benzene rings is 1. The molecule has 0 atom stereocenters. The third kappa shape index (κ3) is 4.04. The van der Waals surface area contributed by atoms with E-state index in [2.05, 4.69) is 23.5 Å². The third-order valence-corrected chi connectivity index (χ3v) is 3.49. The molecule has 0 aliphatic heterocycles. The normalized spacial score (nSPS) is 15.6. The van der Waals surface area contributed by atoms with Crippen LogP contribution in [0.25, 0.3) is 0 Å². The van der Waals surface area contributed by atoms with E-state index < -0.39 is 0 Å². The van der Waals surface area contributed by atoms with Crippen molar-refractivity contribution in [3.05, 3.63) is 29.8 Å². The van der Waals surface area contributed by atoms with E-state index in [0.29, 0.717) is 0 Å². The Bertz CT molecular complexity index is 333. The fourth-order valence-corrected chi connectivity index (χ4v) is 2.23. The van der Waals surface area contributed by atoms with Gasteiger partial charge in [0, 0.05) is 6.54 Å². The molecule has 94 valence electrons. The number of nitrogens with one attached hydrogen (secondary N) is 1. The summed E-state index contributed by atoms with van der Waals surface area (Å²) in [6.07, 6.45) is 5.68. The molecule has 0 saturated heterocycles. The Labute approximate surface area is 104 Å². The molecule has 0 spiro atoms. The Hall–Kier alpha value is -1.02. The maximum atomic E-state index is 5.49. The first-order chi connectivity index (χ1) is 8.38. The molecule has 1 fully saturated rings. The summed E-state index contributed by atoms with van der Waals surface area (Å²) in [7, 11) is 0. The molecule has 1 N–H and O–H groups in total. The van der Waals surface area contributed by atoms with Gasteiger partial charge in [-0.3, -0.25) is 0 Å². The fourth-order valence-electron chi connectivity index (χ4n) is 2.23. The van der Waals surface area contributed by atoms with Gasteiger partial charge in [-0.1, -0.05) is 31.4 Å². The second-order valence-electron chi connectivity index (χ2n) is 4.84. The summed E-state index contributed by atoms with van der Waals surface area (Å²) in [6, 6.07) is 8.36. The first-order valence-electron chi connectivity index (χ1n) is 6.81. The monoisotopic (exact) mass is 233 g/mol. The molecular weight excluding hydrogens is 210 g/mol. The van der Waals surface area contributed by atoms with Crippen molar-refractivity contribution in [1.29, 1.82) is 0 Å². The summed E-state index contributed by atoms with van der Waals surface area (Å²) in [6.45, 7) is 4.85. The smallest absolute Gasteiger partial charge is 0.119 e. The largest absolute Gasteiger partial charge is 0.494 e. The number of ether oxygens (including phenoxy) is 1. The lowest BCUT2D eigenvalue weighted by atomic mass is 9.83. The minimum Gasteiger partial charge on any atom is -0.494 e. The Morgan fingerprint density at radius 3 is 2.94 bits per heavy atom. The zero-order valence-corrected chi connectivity index (χ0v) is 10.7. The van der Waals surface area contributed by atoms with Gasteiger partial charge in [-0.05, 0) is 43.5 Å². The van der Waals surface area contributed by atoms with Gasteiger partial charge in [0.15, 0.2) is 0 Å². The molecule has 1 aliphatic carbocycles. The second kappa shape index (κ2) is 6.65. The third-order valence-electron chi connectivity index (χ3n) is 3.49.